The number of Topliss-reactive ketones (excluding diaryl/α,β-unsaturated/α-hetero) is 1. The summed E-state index contributed by atoms with van der Waals surface area (Å²) in [7, 11) is 3.55. The number of nitrogens with zero attached hydrogens (tertiary/aromatic N) is 1. The summed E-state index contributed by atoms with van der Waals surface area (Å²) >= 11 is 0. The fourth-order valence-corrected chi connectivity index (χ4v) is 4.34. The number of ketones is 1. The van der Waals surface area contributed by atoms with Crippen LogP contribution >= 0.6 is 0 Å². The Kier molecular flexibility index (Phi) is 16.4. The molecule has 3 N–H and O–H groups in total. The van der Waals surface area contributed by atoms with Crippen molar-refractivity contribution in [2.45, 2.75) is 88.0 Å². The van der Waals surface area contributed by atoms with Crippen molar-refractivity contribution in [3.05, 3.63) is 69.5 Å². The molecule has 0 spiro atoms. The van der Waals surface area contributed by atoms with E-state index in [4.69, 9.17) is 5.73 Å². The predicted octanol–water partition coefficient (Wildman–Crippen LogP) is 8.54. The monoisotopic (exact) mass is 543 g/mol. The molecule has 39 heavy (non-hydrogen) atoms. The number of carbonyl (C=O) groups excluding carboxylic acids is 1. The first-order valence-corrected chi connectivity index (χ1v) is 14.0. The minimum absolute atomic E-state index is 0.152. The smallest absolute Gasteiger partial charge is 0.184 e. The van der Waals surface area contributed by atoms with Gasteiger partial charge in [-0.3, -0.25) is 9.79 Å². The second-order valence-electron chi connectivity index (χ2n) is 10.1. The van der Waals surface area contributed by atoms with Gasteiger partial charge in [-0.15, -0.1) is 0 Å². The zero-order valence-corrected chi connectivity index (χ0v) is 26.1. The molecule has 0 amide bonds. The number of allylic oxidation sites excluding steroid dienone is 5. The van der Waals surface area contributed by atoms with Gasteiger partial charge in [-0.25, -0.2) is 8.78 Å². The van der Waals surface area contributed by atoms with E-state index in [1.807, 2.05) is 80.6 Å². The Morgan fingerprint density at radius 1 is 1.10 bits per heavy atom. The van der Waals surface area contributed by atoms with Gasteiger partial charge in [0.2, 0.25) is 0 Å². The molecule has 1 aliphatic rings. The summed E-state index contributed by atoms with van der Waals surface area (Å²) in [5.74, 6) is -0.577. The van der Waals surface area contributed by atoms with Crippen molar-refractivity contribution in [1.29, 1.82) is 0 Å². The van der Waals surface area contributed by atoms with E-state index in [9.17, 15) is 13.6 Å². The third-order valence-corrected chi connectivity index (χ3v) is 6.36. The summed E-state index contributed by atoms with van der Waals surface area (Å²) in [4.78, 5) is 17.0. The molecule has 0 atom stereocenters. The van der Waals surface area contributed by atoms with Gasteiger partial charge < -0.3 is 11.1 Å². The Labute approximate surface area is 236 Å². The number of rotatable bonds is 10. The first-order chi connectivity index (χ1) is 18.4. The van der Waals surface area contributed by atoms with E-state index in [1.165, 1.54) is 18.1 Å². The summed E-state index contributed by atoms with van der Waals surface area (Å²) in [5.41, 5.74) is 11.8. The topological polar surface area (TPSA) is 67.5 Å². The van der Waals surface area contributed by atoms with Crippen LogP contribution in [0.3, 0.4) is 0 Å². The van der Waals surface area contributed by atoms with Crippen LogP contribution in [0.4, 0.5) is 8.78 Å². The number of nitrogens with two attached hydrogens (primary N) is 1. The molecule has 1 aromatic carbocycles. The highest BCUT2D eigenvalue weighted by Crippen LogP contribution is 2.35. The zero-order chi connectivity index (χ0) is 30.3. The number of benzene rings is 1. The summed E-state index contributed by atoms with van der Waals surface area (Å²) < 4.78 is 28.8. The van der Waals surface area contributed by atoms with E-state index >= 15 is 0 Å². The van der Waals surface area contributed by atoms with Gasteiger partial charge in [-0.2, -0.15) is 0 Å². The normalized spacial score (nSPS) is 14.6. The van der Waals surface area contributed by atoms with E-state index in [0.717, 1.165) is 18.5 Å². The van der Waals surface area contributed by atoms with Crippen molar-refractivity contribution in [3.63, 3.8) is 0 Å². The highest BCUT2D eigenvalue weighted by molar-refractivity contribution is 6.08. The molecule has 0 saturated carbocycles. The van der Waals surface area contributed by atoms with Crippen LogP contribution in [-0.4, -0.2) is 32.1 Å². The molecule has 0 aromatic heterocycles. The molecule has 6 heteroatoms. The second kappa shape index (κ2) is 17.7. The summed E-state index contributed by atoms with van der Waals surface area (Å²) in [6, 6.07) is 5.76. The van der Waals surface area contributed by atoms with Crippen molar-refractivity contribution < 1.29 is 13.6 Å². The van der Waals surface area contributed by atoms with Gasteiger partial charge in [0.05, 0.1) is 12.0 Å². The van der Waals surface area contributed by atoms with Gasteiger partial charge in [0.1, 0.15) is 5.83 Å². The number of hydrogen-bond acceptors (Lipinski definition) is 4. The molecule has 218 valence electrons. The molecule has 0 aliphatic heterocycles. The van der Waals surface area contributed by atoms with Crippen molar-refractivity contribution >= 4 is 23.1 Å². The minimum atomic E-state index is -0.622. The van der Waals surface area contributed by atoms with Gasteiger partial charge in [0.25, 0.3) is 0 Å². The van der Waals surface area contributed by atoms with Gasteiger partial charge in [-0.05, 0) is 80.5 Å². The molecule has 0 unspecified atom stereocenters. The third-order valence-electron chi connectivity index (χ3n) is 6.36. The van der Waals surface area contributed by atoms with E-state index in [2.05, 4.69) is 16.4 Å². The maximum Gasteiger partial charge on any atom is 0.184 e. The number of carbonyl (C=O) groups is 1. The molecular formula is C33H51F2N3O. The van der Waals surface area contributed by atoms with Crippen LogP contribution in [0.15, 0.2) is 57.8 Å². The van der Waals surface area contributed by atoms with Crippen LogP contribution in [0.1, 0.15) is 98.3 Å². The summed E-state index contributed by atoms with van der Waals surface area (Å²) in [6.07, 6.45) is 4.68. The molecule has 1 aliphatic carbocycles. The Balaban J connectivity index is 0.00000344. The highest BCUT2D eigenvalue weighted by atomic mass is 19.1. The zero-order valence-electron chi connectivity index (χ0n) is 26.1. The van der Waals surface area contributed by atoms with Gasteiger partial charge in [0, 0.05) is 30.3 Å². The number of halogens is 2. The van der Waals surface area contributed by atoms with E-state index < -0.39 is 11.2 Å². The third kappa shape index (κ3) is 10.3. The van der Waals surface area contributed by atoms with Gasteiger partial charge in [0.15, 0.2) is 5.78 Å². The number of likely N-dealkylation sites (N-methyl/N-ethyl adjacent to an activating group) is 1. The Hall–Kier alpha value is -2.86. The fraction of sp³-hybridized carbons (Fsp3) is 0.515. The average Bonchev–Trinajstić information content (AvgIpc) is 3.32. The molecule has 0 saturated heterocycles. The number of hydrogen-bond donors (Lipinski definition) is 2. The van der Waals surface area contributed by atoms with Gasteiger partial charge in [-0.1, -0.05) is 72.2 Å². The van der Waals surface area contributed by atoms with Crippen LogP contribution in [-0.2, 0) is 11.2 Å². The Morgan fingerprint density at radius 3 is 2.18 bits per heavy atom. The fourth-order valence-electron chi connectivity index (χ4n) is 4.34. The lowest BCUT2D eigenvalue weighted by atomic mass is 9.85. The molecule has 2 rings (SSSR count). The van der Waals surface area contributed by atoms with E-state index in [-0.39, 0.29) is 17.1 Å². The molecule has 4 nitrogen and oxygen atoms in total. The molecule has 0 fully saturated rings. The summed E-state index contributed by atoms with van der Waals surface area (Å²) in [5, 5.41) is 3.15. The van der Waals surface area contributed by atoms with E-state index in [0.29, 0.717) is 48.0 Å². The molecule has 0 bridgehead atoms. The number of fused-ring (bicyclic) bond motifs is 1. The maximum atomic E-state index is 14.7. The quantitative estimate of drug-likeness (QED) is 0.176. The number of aliphatic imine (C=N–C) groups is 1. The highest BCUT2D eigenvalue weighted by Gasteiger charge is 2.26. The SMILES string of the molecule is CC.CC.CN=C(C)/C(CCCC(/C(=C\F)c1ccc2c(c1)C=C(CNC)C2)=C(/C)F)=C(\N)C(=O)C(C)(C)C. The van der Waals surface area contributed by atoms with Crippen LogP contribution in [0.25, 0.3) is 11.6 Å². The predicted molar refractivity (Wildman–Crippen MR) is 166 cm³/mol. The standard InChI is InChI=1S/C29H39F2N3O.2C2H6/c1-18(31)24(9-8-10-25(19(2)34-7)27(32)28(35)29(3,4)5)26(16-30)22-12-11-21-13-20(17-33-6)14-23(21)15-22;2*1-2/h11-12,14-16,33H,8-10,13,17,32H2,1-7H3;2*1-2H3/b24-18+,26-16-,27-25-,34-19?;;. The largest absolute Gasteiger partial charge is 0.396 e. The van der Waals surface area contributed by atoms with Crippen LogP contribution in [0.5, 0.6) is 0 Å². The average molecular weight is 544 g/mol. The molecular weight excluding hydrogens is 492 g/mol. The lowest BCUT2D eigenvalue weighted by Gasteiger charge is -2.20. The lowest BCUT2D eigenvalue weighted by Crippen LogP contribution is -2.28. The Morgan fingerprint density at radius 2 is 1.69 bits per heavy atom. The van der Waals surface area contributed by atoms with Crippen molar-refractivity contribution in [1.82, 2.24) is 5.32 Å². The minimum Gasteiger partial charge on any atom is -0.396 e. The lowest BCUT2D eigenvalue weighted by molar-refractivity contribution is -0.122. The van der Waals surface area contributed by atoms with Crippen LogP contribution in [0.2, 0.25) is 0 Å². The van der Waals surface area contributed by atoms with Gasteiger partial charge >= 0.3 is 0 Å². The second-order valence-corrected chi connectivity index (χ2v) is 10.1. The van der Waals surface area contributed by atoms with Crippen molar-refractivity contribution in [2.75, 3.05) is 20.6 Å². The first-order valence-electron chi connectivity index (χ1n) is 14.0. The molecule has 0 heterocycles. The molecule has 0 radical (unpaired) electrons. The summed E-state index contributed by atoms with van der Waals surface area (Å²) in [6.45, 7) is 17.4. The molecule has 1 aromatic rings. The van der Waals surface area contributed by atoms with Crippen LogP contribution < -0.4 is 11.1 Å². The maximum absolute atomic E-state index is 14.7. The Bertz CT molecular complexity index is 1110. The first kappa shape index (κ1) is 36.1. The number of nitrogens with one attached hydrogen (secondary N) is 1. The van der Waals surface area contributed by atoms with Crippen LogP contribution in [0, 0.1) is 5.41 Å². The van der Waals surface area contributed by atoms with Crippen molar-refractivity contribution in [2.24, 2.45) is 16.1 Å². The van der Waals surface area contributed by atoms with E-state index in [1.54, 1.807) is 7.05 Å². The van der Waals surface area contributed by atoms with Crippen molar-refractivity contribution in [3.8, 4) is 0 Å².